The topological polar surface area (TPSA) is 3.24 Å². The summed E-state index contributed by atoms with van der Waals surface area (Å²) in [4.78, 5) is 2.51. The third kappa shape index (κ3) is 5.86. The van der Waals surface area contributed by atoms with Crippen molar-refractivity contribution in [3.8, 4) is 44.5 Å². The van der Waals surface area contributed by atoms with Crippen LogP contribution in [-0.2, 0) is 5.41 Å². The fourth-order valence-electron chi connectivity index (χ4n) is 9.65. The summed E-state index contributed by atoms with van der Waals surface area (Å²) in [6, 6.07) is 91.1. The lowest BCUT2D eigenvalue weighted by molar-refractivity contribution is 0.768. The van der Waals surface area contributed by atoms with Crippen LogP contribution in [0.25, 0.3) is 55.3 Å². The number of rotatable bonds is 8. The van der Waals surface area contributed by atoms with Gasteiger partial charge in [-0.1, -0.05) is 218 Å². The summed E-state index contributed by atoms with van der Waals surface area (Å²) in [5.74, 6) is 0. The van der Waals surface area contributed by atoms with E-state index in [0.29, 0.717) is 0 Å². The molecule has 1 nitrogen and oxygen atoms in total. The normalized spacial score (nSPS) is 12.5. The maximum atomic E-state index is 2.51. The zero-order valence-corrected chi connectivity index (χ0v) is 33.1. The zero-order chi connectivity index (χ0) is 39.9. The van der Waals surface area contributed by atoms with Crippen molar-refractivity contribution in [3.63, 3.8) is 0 Å². The van der Waals surface area contributed by atoms with Gasteiger partial charge in [-0.15, -0.1) is 0 Å². The standard InChI is InChI=1S/C59H41N/c1-4-18-42(19-5-1)44-34-37-45(38-35-44)52-28-13-15-32-56(52)60(51-27-16-22-47(41-51)48-39-36-43-20-10-11-21-46(43)40-48)57-33-17-31-55-58(57)53-29-12-14-30-54(53)59(55,49-23-6-2-7-24-49)50-25-8-3-9-26-50/h1-41H. The summed E-state index contributed by atoms with van der Waals surface area (Å²) in [6.07, 6.45) is 0. The molecule has 0 amide bonds. The summed E-state index contributed by atoms with van der Waals surface area (Å²) in [5.41, 5.74) is 17.5. The van der Waals surface area contributed by atoms with Gasteiger partial charge < -0.3 is 4.90 Å². The number of hydrogen-bond acceptors (Lipinski definition) is 1. The number of fused-ring (bicyclic) bond motifs is 4. The van der Waals surface area contributed by atoms with Crippen molar-refractivity contribution >= 4 is 27.8 Å². The number of benzene rings is 10. The molecule has 0 radical (unpaired) electrons. The Morgan fingerprint density at radius 2 is 0.783 bits per heavy atom. The highest BCUT2D eigenvalue weighted by Gasteiger charge is 2.47. The molecule has 0 saturated carbocycles. The molecule has 282 valence electrons. The molecular weight excluding hydrogens is 723 g/mol. The van der Waals surface area contributed by atoms with Crippen molar-refractivity contribution in [1.29, 1.82) is 0 Å². The van der Waals surface area contributed by atoms with E-state index in [9.17, 15) is 0 Å². The summed E-state index contributed by atoms with van der Waals surface area (Å²) >= 11 is 0. The second-order valence-corrected chi connectivity index (χ2v) is 15.6. The lowest BCUT2D eigenvalue weighted by Crippen LogP contribution is -2.28. The molecule has 0 saturated heterocycles. The molecule has 1 aliphatic carbocycles. The van der Waals surface area contributed by atoms with Crippen LogP contribution >= 0.6 is 0 Å². The first-order valence-electron chi connectivity index (χ1n) is 20.8. The molecule has 1 heteroatoms. The first-order chi connectivity index (χ1) is 29.8. The average Bonchev–Trinajstić information content (AvgIpc) is 3.64. The first-order valence-corrected chi connectivity index (χ1v) is 20.8. The van der Waals surface area contributed by atoms with Crippen LogP contribution in [0, 0.1) is 0 Å². The van der Waals surface area contributed by atoms with Crippen molar-refractivity contribution in [1.82, 2.24) is 0 Å². The molecular formula is C59H41N. The molecule has 0 bridgehead atoms. The van der Waals surface area contributed by atoms with E-state index in [0.717, 1.165) is 28.2 Å². The Labute approximate surface area is 352 Å². The Hall–Kier alpha value is -7.74. The Morgan fingerprint density at radius 1 is 0.283 bits per heavy atom. The number of nitrogens with zero attached hydrogens (tertiary/aromatic N) is 1. The van der Waals surface area contributed by atoms with E-state index in [4.69, 9.17) is 0 Å². The molecule has 0 heterocycles. The van der Waals surface area contributed by atoms with Gasteiger partial charge in [0.25, 0.3) is 0 Å². The van der Waals surface area contributed by atoms with Crippen molar-refractivity contribution in [2.75, 3.05) is 4.90 Å². The maximum absolute atomic E-state index is 2.51. The van der Waals surface area contributed by atoms with Gasteiger partial charge in [-0.2, -0.15) is 0 Å². The molecule has 0 spiro atoms. The van der Waals surface area contributed by atoms with Crippen LogP contribution in [-0.4, -0.2) is 0 Å². The van der Waals surface area contributed by atoms with Gasteiger partial charge in [-0.3, -0.25) is 0 Å². The highest BCUT2D eigenvalue weighted by molar-refractivity contribution is 6.00. The van der Waals surface area contributed by atoms with Crippen LogP contribution in [0.5, 0.6) is 0 Å². The smallest absolute Gasteiger partial charge is 0.0714 e. The highest BCUT2D eigenvalue weighted by Crippen LogP contribution is 2.60. The minimum atomic E-state index is -0.518. The molecule has 11 rings (SSSR count). The lowest BCUT2D eigenvalue weighted by atomic mass is 9.68. The molecule has 0 unspecified atom stereocenters. The van der Waals surface area contributed by atoms with E-state index in [1.54, 1.807) is 0 Å². The molecule has 0 N–H and O–H groups in total. The van der Waals surface area contributed by atoms with Gasteiger partial charge in [-0.25, -0.2) is 0 Å². The number of para-hydroxylation sites is 1. The fourth-order valence-corrected chi connectivity index (χ4v) is 9.65. The molecule has 10 aromatic carbocycles. The van der Waals surface area contributed by atoms with E-state index in [1.807, 2.05) is 0 Å². The predicted octanol–water partition coefficient (Wildman–Crippen LogP) is 15.7. The van der Waals surface area contributed by atoms with Crippen molar-refractivity contribution in [2.45, 2.75) is 5.41 Å². The van der Waals surface area contributed by atoms with Crippen LogP contribution in [0.1, 0.15) is 22.3 Å². The molecule has 10 aromatic rings. The lowest BCUT2D eigenvalue weighted by Gasteiger charge is -2.34. The first kappa shape index (κ1) is 35.4. The Kier molecular flexibility index (Phi) is 8.79. The summed E-state index contributed by atoms with van der Waals surface area (Å²) in [6.45, 7) is 0. The maximum Gasteiger partial charge on any atom is 0.0714 e. The van der Waals surface area contributed by atoms with Gasteiger partial charge in [0.15, 0.2) is 0 Å². The van der Waals surface area contributed by atoms with E-state index in [1.165, 1.54) is 66.4 Å². The predicted molar refractivity (Wildman–Crippen MR) is 252 cm³/mol. The van der Waals surface area contributed by atoms with Crippen LogP contribution in [0.2, 0.25) is 0 Å². The Morgan fingerprint density at radius 3 is 1.53 bits per heavy atom. The largest absolute Gasteiger partial charge is 0.309 e. The average molecular weight is 764 g/mol. The van der Waals surface area contributed by atoms with Gasteiger partial charge in [0.1, 0.15) is 0 Å². The Bertz CT molecular complexity index is 3090. The minimum Gasteiger partial charge on any atom is -0.309 e. The van der Waals surface area contributed by atoms with Crippen molar-refractivity contribution in [2.24, 2.45) is 0 Å². The zero-order valence-electron chi connectivity index (χ0n) is 33.1. The van der Waals surface area contributed by atoms with Gasteiger partial charge in [0, 0.05) is 16.8 Å². The third-order valence-corrected chi connectivity index (χ3v) is 12.3. The van der Waals surface area contributed by atoms with E-state index >= 15 is 0 Å². The summed E-state index contributed by atoms with van der Waals surface area (Å²) in [5, 5.41) is 2.47. The second-order valence-electron chi connectivity index (χ2n) is 15.6. The monoisotopic (exact) mass is 763 g/mol. The third-order valence-electron chi connectivity index (χ3n) is 12.3. The van der Waals surface area contributed by atoms with Gasteiger partial charge in [-0.05, 0) is 96.7 Å². The van der Waals surface area contributed by atoms with Crippen LogP contribution in [0.3, 0.4) is 0 Å². The summed E-state index contributed by atoms with van der Waals surface area (Å²) < 4.78 is 0. The fraction of sp³-hybridized carbons (Fsp3) is 0.0169. The van der Waals surface area contributed by atoms with E-state index in [-0.39, 0.29) is 0 Å². The molecule has 0 aromatic heterocycles. The van der Waals surface area contributed by atoms with Crippen LogP contribution < -0.4 is 4.90 Å². The Balaban J connectivity index is 1.17. The molecule has 0 aliphatic heterocycles. The molecule has 0 atom stereocenters. The minimum absolute atomic E-state index is 0.518. The van der Waals surface area contributed by atoms with Crippen molar-refractivity contribution in [3.05, 3.63) is 271 Å². The quantitative estimate of drug-likeness (QED) is 0.149. The molecule has 0 fully saturated rings. The van der Waals surface area contributed by atoms with E-state index in [2.05, 4.69) is 254 Å². The van der Waals surface area contributed by atoms with Gasteiger partial charge in [0.05, 0.1) is 16.8 Å². The van der Waals surface area contributed by atoms with Crippen LogP contribution in [0.4, 0.5) is 17.1 Å². The number of hydrogen-bond donors (Lipinski definition) is 0. The van der Waals surface area contributed by atoms with Crippen LogP contribution in [0.15, 0.2) is 249 Å². The molecule has 60 heavy (non-hydrogen) atoms. The second kappa shape index (κ2) is 14.9. The van der Waals surface area contributed by atoms with Gasteiger partial charge in [0.2, 0.25) is 0 Å². The van der Waals surface area contributed by atoms with Crippen molar-refractivity contribution < 1.29 is 0 Å². The number of anilines is 3. The van der Waals surface area contributed by atoms with Gasteiger partial charge >= 0.3 is 0 Å². The summed E-state index contributed by atoms with van der Waals surface area (Å²) in [7, 11) is 0. The highest BCUT2D eigenvalue weighted by atomic mass is 15.1. The van der Waals surface area contributed by atoms with E-state index < -0.39 is 5.41 Å². The SMILES string of the molecule is c1ccc(-c2ccc(-c3ccccc3N(c3cccc(-c4ccc5ccccc5c4)c3)c3cccc4c3-c3ccccc3C4(c3ccccc3)c3ccccc3)cc2)cc1. The molecule has 1 aliphatic rings.